The molecule has 0 saturated heterocycles. The van der Waals surface area contributed by atoms with Crippen LogP contribution in [0, 0.1) is 12.7 Å². The SMILES string of the molecule is Cc1ccc(F)cc1OCc1csc(CN)n1. The number of aryl methyl sites for hydroxylation is 1. The molecule has 17 heavy (non-hydrogen) atoms. The summed E-state index contributed by atoms with van der Waals surface area (Å²) in [6, 6.07) is 4.49. The zero-order valence-corrected chi connectivity index (χ0v) is 10.3. The van der Waals surface area contributed by atoms with Crippen molar-refractivity contribution in [3.05, 3.63) is 45.7 Å². The normalized spacial score (nSPS) is 10.5. The van der Waals surface area contributed by atoms with Gasteiger partial charge in [-0.25, -0.2) is 9.37 Å². The summed E-state index contributed by atoms with van der Waals surface area (Å²) >= 11 is 1.50. The molecule has 0 fully saturated rings. The molecule has 0 spiro atoms. The van der Waals surface area contributed by atoms with E-state index in [-0.39, 0.29) is 5.82 Å². The third kappa shape index (κ3) is 3.01. The fourth-order valence-corrected chi connectivity index (χ4v) is 2.05. The molecule has 0 aliphatic rings. The number of benzene rings is 1. The van der Waals surface area contributed by atoms with Crippen LogP contribution in [0.3, 0.4) is 0 Å². The van der Waals surface area contributed by atoms with E-state index in [4.69, 9.17) is 10.5 Å². The average Bonchev–Trinajstić information content (AvgIpc) is 2.78. The van der Waals surface area contributed by atoms with Crippen LogP contribution in [0.1, 0.15) is 16.3 Å². The molecule has 0 bridgehead atoms. The van der Waals surface area contributed by atoms with Gasteiger partial charge < -0.3 is 10.5 Å². The first kappa shape index (κ1) is 12.0. The maximum Gasteiger partial charge on any atom is 0.131 e. The average molecular weight is 252 g/mol. The van der Waals surface area contributed by atoms with Gasteiger partial charge in [0.25, 0.3) is 0 Å². The van der Waals surface area contributed by atoms with Crippen LogP contribution in [0.25, 0.3) is 0 Å². The first-order chi connectivity index (χ1) is 8.19. The lowest BCUT2D eigenvalue weighted by molar-refractivity contribution is 0.298. The summed E-state index contributed by atoms with van der Waals surface area (Å²) in [5.41, 5.74) is 7.19. The lowest BCUT2D eigenvalue weighted by atomic mass is 10.2. The Hall–Kier alpha value is -1.46. The maximum atomic E-state index is 13.0. The highest BCUT2D eigenvalue weighted by molar-refractivity contribution is 7.09. The number of nitrogens with zero attached hydrogens (tertiary/aromatic N) is 1. The standard InChI is InChI=1S/C12H13FN2OS/c1-8-2-3-9(13)4-11(8)16-6-10-7-17-12(5-14)15-10/h2-4,7H,5-6,14H2,1H3. The minimum Gasteiger partial charge on any atom is -0.487 e. The molecule has 5 heteroatoms. The Kier molecular flexibility index (Phi) is 3.71. The number of thiazole rings is 1. The molecule has 0 unspecified atom stereocenters. The summed E-state index contributed by atoms with van der Waals surface area (Å²) in [5.74, 6) is 0.249. The smallest absolute Gasteiger partial charge is 0.131 e. The molecule has 1 heterocycles. The fourth-order valence-electron chi connectivity index (χ4n) is 1.39. The minimum absolute atomic E-state index is 0.300. The Bertz CT molecular complexity index is 513. The molecule has 0 radical (unpaired) electrons. The van der Waals surface area contributed by atoms with Gasteiger partial charge in [0.05, 0.1) is 5.69 Å². The second-order valence-electron chi connectivity index (χ2n) is 3.64. The predicted octanol–water partition coefficient (Wildman–Crippen LogP) is 2.63. The molecule has 1 aromatic carbocycles. The first-order valence-corrected chi connectivity index (χ1v) is 6.09. The fraction of sp³-hybridized carbons (Fsp3) is 0.250. The quantitative estimate of drug-likeness (QED) is 0.910. The molecule has 0 aliphatic heterocycles. The number of aromatic nitrogens is 1. The summed E-state index contributed by atoms with van der Waals surface area (Å²) in [6.45, 7) is 2.64. The molecule has 0 aliphatic carbocycles. The monoisotopic (exact) mass is 252 g/mol. The van der Waals surface area contributed by atoms with Gasteiger partial charge in [-0.15, -0.1) is 11.3 Å². The van der Waals surface area contributed by atoms with Gasteiger partial charge in [-0.3, -0.25) is 0 Å². The molecule has 3 nitrogen and oxygen atoms in total. The van der Waals surface area contributed by atoms with Crippen molar-refractivity contribution in [1.82, 2.24) is 4.98 Å². The number of hydrogen-bond donors (Lipinski definition) is 1. The van der Waals surface area contributed by atoms with Crippen molar-refractivity contribution in [2.45, 2.75) is 20.1 Å². The predicted molar refractivity (Wildman–Crippen MR) is 65.5 cm³/mol. The second-order valence-corrected chi connectivity index (χ2v) is 4.58. The van der Waals surface area contributed by atoms with E-state index in [1.807, 2.05) is 12.3 Å². The first-order valence-electron chi connectivity index (χ1n) is 5.21. The van der Waals surface area contributed by atoms with Crippen LogP contribution >= 0.6 is 11.3 Å². The zero-order chi connectivity index (χ0) is 12.3. The van der Waals surface area contributed by atoms with Gasteiger partial charge in [-0.1, -0.05) is 6.07 Å². The number of hydrogen-bond acceptors (Lipinski definition) is 4. The van der Waals surface area contributed by atoms with Crippen LogP contribution in [-0.4, -0.2) is 4.98 Å². The van der Waals surface area contributed by atoms with E-state index in [2.05, 4.69) is 4.98 Å². The Morgan fingerprint density at radius 2 is 2.29 bits per heavy atom. The largest absolute Gasteiger partial charge is 0.487 e. The molecule has 2 rings (SSSR count). The van der Waals surface area contributed by atoms with Crippen molar-refractivity contribution in [1.29, 1.82) is 0 Å². The van der Waals surface area contributed by atoms with Crippen LogP contribution in [-0.2, 0) is 13.2 Å². The molecule has 2 N–H and O–H groups in total. The van der Waals surface area contributed by atoms with Crippen LogP contribution in [0.15, 0.2) is 23.6 Å². The summed E-state index contributed by atoms with van der Waals surface area (Å²) in [5, 5.41) is 2.77. The van der Waals surface area contributed by atoms with E-state index in [9.17, 15) is 4.39 Å². The molecule has 1 aromatic heterocycles. The number of halogens is 1. The third-order valence-corrected chi connectivity index (χ3v) is 3.22. The van der Waals surface area contributed by atoms with Crippen LogP contribution in [0.2, 0.25) is 0 Å². The van der Waals surface area contributed by atoms with Gasteiger partial charge in [-0.2, -0.15) is 0 Å². The van der Waals surface area contributed by atoms with Crippen molar-refractivity contribution in [2.24, 2.45) is 5.73 Å². The number of nitrogens with two attached hydrogens (primary N) is 1. The van der Waals surface area contributed by atoms with E-state index < -0.39 is 0 Å². The van der Waals surface area contributed by atoms with Crippen LogP contribution in [0.4, 0.5) is 4.39 Å². The van der Waals surface area contributed by atoms with E-state index in [1.54, 1.807) is 6.07 Å². The Labute approximate surface area is 103 Å². The van der Waals surface area contributed by atoms with Gasteiger partial charge in [0.15, 0.2) is 0 Å². The molecule has 0 amide bonds. The summed E-state index contributed by atoms with van der Waals surface area (Å²) in [7, 11) is 0. The molecule has 0 saturated carbocycles. The van der Waals surface area contributed by atoms with Crippen molar-refractivity contribution < 1.29 is 9.13 Å². The summed E-state index contributed by atoms with van der Waals surface area (Å²) in [6.07, 6.45) is 0. The van der Waals surface area contributed by atoms with Crippen molar-refractivity contribution >= 4 is 11.3 Å². The van der Waals surface area contributed by atoms with E-state index in [1.165, 1.54) is 23.5 Å². The maximum absolute atomic E-state index is 13.0. The molecular weight excluding hydrogens is 239 g/mol. The lowest BCUT2D eigenvalue weighted by Crippen LogP contribution is -2.00. The van der Waals surface area contributed by atoms with E-state index >= 15 is 0 Å². The Morgan fingerprint density at radius 1 is 1.47 bits per heavy atom. The molecule has 2 aromatic rings. The molecule has 90 valence electrons. The summed E-state index contributed by atoms with van der Waals surface area (Å²) < 4.78 is 18.5. The van der Waals surface area contributed by atoms with Gasteiger partial charge in [0.2, 0.25) is 0 Å². The Balaban J connectivity index is 2.04. The lowest BCUT2D eigenvalue weighted by Gasteiger charge is -2.07. The molecule has 0 atom stereocenters. The highest BCUT2D eigenvalue weighted by atomic mass is 32.1. The second kappa shape index (κ2) is 5.25. The van der Waals surface area contributed by atoms with Crippen LogP contribution < -0.4 is 10.5 Å². The van der Waals surface area contributed by atoms with E-state index in [0.29, 0.717) is 18.9 Å². The topological polar surface area (TPSA) is 48.1 Å². The van der Waals surface area contributed by atoms with Crippen LogP contribution in [0.5, 0.6) is 5.75 Å². The minimum atomic E-state index is -0.300. The highest BCUT2D eigenvalue weighted by Crippen LogP contribution is 2.20. The van der Waals surface area contributed by atoms with Crippen molar-refractivity contribution in [2.75, 3.05) is 0 Å². The number of rotatable bonds is 4. The third-order valence-electron chi connectivity index (χ3n) is 2.30. The Morgan fingerprint density at radius 3 is 3.00 bits per heavy atom. The number of ether oxygens (including phenoxy) is 1. The molecular formula is C12H13FN2OS. The van der Waals surface area contributed by atoms with Crippen molar-refractivity contribution in [3.63, 3.8) is 0 Å². The highest BCUT2D eigenvalue weighted by Gasteiger charge is 2.04. The van der Waals surface area contributed by atoms with Gasteiger partial charge >= 0.3 is 0 Å². The van der Waals surface area contributed by atoms with Gasteiger partial charge in [-0.05, 0) is 18.6 Å². The summed E-state index contributed by atoms with van der Waals surface area (Å²) in [4.78, 5) is 4.27. The van der Waals surface area contributed by atoms with Gasteiger partial charge in [0, 0.05) is 18.0 Å². The van der Waals surface area contributed by atoms with E-state index in [0.717, 1.165) is 16.3 Å². The van der Waals surface area contributed by atoms with Crippen molar-refractivity contribution in [3.8, 4) is 5.75 Å². The zero-order valence-electron chi connectivity index (χ0n) is 9.44. The van der Waals surface area contributed by atoms with Gasteiger partial charge in [0.1, 0.15) is 23.2 Å².